The summed E-state index contributed by atoms with van der Waals surface area (Å²) >= 11 is 0. The first-order valence-electron chi connectivity index (χ1n) is 6.15. The van der Waals surface area contributed by atoms with Crippen molar-refractivity contribution in [2.45, 2.75) is 44.8 Å². The summed E-state index contributed by atoms with van der Waals surface area (Å²) in [5.41, 5.74) is -0.656. The van der Waals surface area contributed by atoms with E-state index in [4.69, 9.17) is 9.84 Å². The predicted octanol–water partition coefficient (Wildman–Crippen LogP) is 0.713. The first-order valence-corrected chi connectivity index (χ1v) is 6.15. The fourth-order valence-corrected chi connectivity index (χ4v) is 2.09. The minimum absolute atomic E-state index is 0.0733. The van der Waals surface area contributed by atoms with Crippen LogP contribution in [-0.2, 0) is 9.53 Å². The lowest BCUT2D eigenvalue weighted by molar-refractivity contribution is -0.139. The number of aliphatic hydroxyl groups is 1. The molecule has 1 aliphatic heterocycles. The van der Waals surface area contributed by atoms with Gasteiger partial charge in [0.15, 0.2) is 0 Å². The van der Waals surface area contributed by atoms with Gasteiger partial charge in [-0.3, -0.25) is 4.79 Å². The molecule has 0 spiro atoms. The highest BCUT2D eigenvalue weighted by Crippen LogP contribution is 2.16. The quantitative estimate of drug-likeness (QED) is 0.721. The van der Waals surface area contributed by atoms with E-state index in [1.165, 1.54) is 0 Å². The van der Waals surface area contributed by atoms with E-state index in [2.05, 4.69) is 4.90 Å². The van der Waals surface area contributed by atoms with E-state index >= 15 is 0 Å². The van der Waals surface area contributed by atoms with Crippen LogP contribution in [0.3, 0.4) is 0 Å². The Hall–Kier alpha value is -0.650. The molecule has 2 N–H and O–H groups in total. The van der Waals surface area contributed by atoms with Crippen molar-refractivity contribution < 1.29 is 19.7 Å². The molecule has 0 bridgehead atoms. The fraction of sp³-hybridized carbons (Fsp3) is 0.917. The lowest BCUT2D eigenvalue weighted by Crippen LogP contribution is -2.44. The average molecular weight is 245 g/mol. The van der Waals surface area contributed by atoms with Gasteiger partial charge in [0.25, 0.3) is 0 Å². The number of rotatable bonds is 6. The second-order valence-electron chi connectivity index (χ2n) is 5.30. The molecule has 1 saturated heterocycles. The van der Waals surface area contributed by atoms with Gasteiger partial charge in [-0.05, 0) is 26.7 Å². The van der Waals surface area contributed by atoms with Crippen LogP contribution >= 0.6 is 0 Å². The molecule has 1 fully saturated rings. The molecule has 1 rings (SSSR count). The van der Waals surface area contributed by atoms with E-state index in [9.17, 15) is 9.90 Å². The van der Waals surface area contributed by atoms with Crippen LogP contribution in [0.4, 0.5) is 0 Å². The predicted molar refractivity (Wildman–Crippen MR) is 64.0 cm³/mol. The summed E-state index contributed by atoms with van der Waals surface area (Å²) in [6, 6.07) is 0. The van der Waals surface area contributed by atoms with Crippen molar-refractivity contribution in [2.24, 2.45) is 0 Å². The third-order valence-electron chi connectivity index (χ3n) is 2.81. The van der Waals surface area contributed by atoms with E-state index in [1.807, 2.05) is 13.8 Å². The monoisotopic (exact) mass is 245 g/mol. The van der Waals surface area contributed by atoms with E-state index < -0.39 is 11.6 Å². The van der Waals surface area contributed by atoms with Crippen LogP contribution in [0.1, 0.15) is 33.1 Å². The molecule has 17 heavy (non-hydrogen) atoms. The van der Waals surface area contributed by atoms with Crippen molar-refractivity contribution in [3.8, 4) is 0 Å². The normalized spacial score (nSPS) is 19.5. The second kappa shape index (κ2) is 6.33. The molecule has 0 radical (unpaired) electrons. The van der Waals surface area contributed by atoms with Gasteiger partial charge in [0, 0.05) is 19.6 Å². The molecule has 0 aromatic heterocycles. The van der Waals surface area contributed by atoms with Gasteiger partial charge in [0.05, 0.1) is 24.7 Å². The maximum absolute atomic E-state index is 10.3. The van der Waals surface area contributed by atoms with Gasteiger partial charge >= 0.3 is 5.97 Å². The topological polar surface area (TPSA) is 70.0 Å². The Morgan fingerprint density at radius 1 is 1.41 bits per heavy atom. The first-order chi connectivity index (χ1) is 7.87. The Kier molecular flexibility index (Phi) is 5.36. The molecule has 5 heteroatoms. The van der Waals surface area contributed by atoms with Crippen molar-refractivity contribution in [2.75, 3.05) is 26.2 Å². The zero-order valence-corrected chi connectivity index (χ0v) is 10.7. The highest BCUT2D eigenvalue weighted by molar-refractivity contribution is 5.66. The lowest BCUT2D eigenvalue weighted by Gasteiger charge is -2.35. The van der Waals surface area contributed by atoms with Gasteiger partial charge < -0.3 is 19.8 Å². The number of nitrogens with zero attached hydrogens (tertiary/aromatic N) is 1. The molecule has 1 heterocycles. The van der Waals surface area contributed by atoms with Gasteiger partial charge in [0.1, 0.15) is 0 Å². The van der Waals surface area contributed by atoms with Crippen molar-refractivity contribution in [3.63, 3.8) is 0 Å². The number of carboxylic acids is 1. The van der Waals surface area contributed by atoms with Crippen molar-refractivity contribution in [1.82, 2.24) is 4.90 Å². The van der Waals surface area contributed by atoms with Gasteiger partial charge in [-0.15, -0.1) is 0 Å². The molecular weight excluding hydrogens is 222 g/mol. The summed E-state index contributed by atoms with van der Waals surface area (Å²) in [6.07, 6.45) is 2.07. The SMILES string of the molecule is CC(C)(O)CN1CCC(OCCC(=O)O)CC1. The molecule has 1 aliphatic rings. The van der Waals surface area contributed by atoms with Crippen LogP contribution < -0.4 is 0 Å². The number of carbonyl (C=O) groups is 1. The molecule has 100 valence electrons. The molecule has 0 unspecified atom stereocenters. The summed E-state index contributed by atoms with van der Waals surface area (Å²) in [6.45, 7) is 6.40. The molecular formula is C12H23NO4. The molecule has 0 aromatic carbocycles. The van der Waals surface area contributed by atoms with Crippen molar-refractivity contribution >= 4 is 5.97 Å². The first kappa shape index (κ1) is 14.4. The molecule has 0 atom stereocenters. The minimum Gasteiger partial charge on any atom is -0.481 e. The minimum atomic E-state index is -0.815. The van der Waals surface area contributed by atoms with E-state index in [0.717, 1.165) is 25.9 Å². The average Bonchev–Trinajstić information content (AvgIpc) is 2.18. The molecule has 0 aromatic rings. The highest BCUT2D eigenvalue weighted by Gasteiger charge is 2.24. The third kappa shape index (κ3) is 6.61. The van der Waals surface area contributed by atoms with Gasteiger partial charge in [-0.25, -0.2) is 0 Å². The Balaban J connectivity index is 2.15. The summed E-state index contributed by atoms with van der Waals surface area (Å²) in [4.78, 5) is 12.6. The molecule has 0 saturated carbocycles. The summed E-state index contributed by atoms with van der Waals surface area (Å²) in [5.74, 6) is -0.815. The zero-order valence-electron chi connectivity index (χ0n) is 10.7. The van der Waals surface area contributed by atoms with Crippen molar-refractivity contribution in [3.05, 3.63) is 0 Å². The van der Waals surface area contributed by atoms with Gasteiger partial charge in [0.2, 0.25) is 0 Å². The van der Waals surface area contributed by atoms with Crippen LogP contribution in [-0.4, -0.2) is 59.0 Å². The van der Waals surface area contributed by atoms with Crippen LogP contribution in [0.25, 0.3) is 0 Å². The van der Waals surface area contributed by atoms with E-state index in [-0.39, 0.29) is 12.5 Å². The molecule has 5 nitrogen and oxygen atoms in total. The third-order valence-corrected chi connectivity index (χ3v) is 2.81. The molecule has 0 aliphatic carbocycles. The van der Waals surface area contributed by atoms with E-state index in [0.29, 0.717) is 13.2 Å². The van der Waals surface area contributed by atoms with Crippen LogP contribution in [0.5, 0.6) is 0 Å². The summed E-state index contributed by atoms with van der Waals surface area (Å²) in [5, 5.41) is 18.2. The zero-order chi connectivity index (χ0) is 12.9. The standard InChI is InChI=1S/C12H23NO4/c1-12(2,16)9-13-6-3-10(4-7-13)17-8-5-11(14)15/h10,16H,3-9H2,1-2H3,(H,14,15). The number of hydrogen-bond donors (Lipinski definition) is 2. The number of aliphatic carboxylic acids is 1. The smallest absolute Gasteiger partial charge is 0.305 e. The second-order valence-corrected chi connectivity index (χ2v) is 5.30. The largest absolute Gasteiger partial charge is 0.481 e. The molecule has 0 amide bonds. The number of piperidine rings is 1. The Morgan fingerprint density at radius 3 is 2.47 bits per heavy atom. The number of β-amino-alcohol motifs (C(OH)–C–C–N with tert-alkyl or cyclic N) is 1. The van der Waals surface area contributed by atoms with Crippen molar-refractivity contribution in [1.29, 1.82) is 0 Å². The van der Waals surface area contributed by atoms with Crippen LogP contribution in [0, 0.1) is 0 Å². The van der Waals surface area contributed by atoms with Crippen LogP contribution in [0.15, 0.2) is 0 Å². The Bertz CT molecular complexity index is 241. The Labute approximate surface area is 102 Å². The van der Waals surface area contributed by atoms with Gasteiger partial charge in [-0.1, -0.05) is 0 Å². The summed E-state index contributed by atoms with van der Waals surface area (Å²) < 4.78 is 5.50. The maximum atomic E-state index is 10.3. The highest BCUT2D eigenvalue weighted by atomic mass is 16.5. The maximum Gasteiger partial charge on any atom is 0.305 e. The number of ether oxygens (including phenoxy) is 1. The Morgan fingerprint density at radius 2 is 2.00 bits per heavy atom. The number of carboxylic acid groups (broad SMARTS) is 1. The summed E-state index contributed by atoms with van der Waals surface area (Å²) in [7, 11) is 0. The van der Waals surface area contributed by atoms with Gasteiger partial charge in [-0.2, -0.15) is 0 Å². The lowest BCUT2D eigenvalue weighted by atomic mass is 10.0. The van der Waals surface area contributed by atoms with E-state index in [1.54, 1.807) is 0 Å². The fourth-order valence-electron chi connectivity index (χ4n) is 2.09. The number of hydrogen-bond acceptors (Lipinski definition) is 4. The van der Waals surface area contributed by atoms with Crippen LogP contribution in [0.2, 0.25) is 0 Å². The number of likely N-dealkylation sites (tertiary alicyclic amines) is 1.